The second kappa shape index (κ2) is 5.87. The molecule has 1 amide bonds. The number of aliphatic hydroxyl groups is 1. The van der Waals surface area contributed by atoms with E-state index in [-0.39, 0.29) is 23.6 Å². The number of carbonyl (C=O) groups excluding carboxylic acids is 2. The van der Waals surface area contributed by atoms with Crippen molar-refractivity contribution in [3.63, 3.8) is 0 Å². The zero-order valence-electron chi connectivity index (χ0n) is 13.2. The minimum Gasteiger partial charge on any atom is -0.543 e. The molecule has 4 heterocycles. The van der Waals surface area contributed by atoms with Crippen molar-refractivity contribution in [1.82, 2.24) is 9.30 Å². The van der Waals surface area contributed by atoms with Gasteiger partial charge in [0, 0.05) is 23.1 Å². The first kappa shape index (κ1) is 16.1. The van der Waals surface area contributed by atoms with E-state index in [0.29, 0.717) is 17.9 Å². The van der Waals surface area contributed by atoms with Crippen molar-refractivity contribution < 1.29 is 24.4 Å². The molecule has 1 unspecified atom stereocenters. The largest absolute Gasteiger partial charge is 0.543 e. The second-order valence-electron chi connectivity index (χ2n) is 6.07. The molecule has 9 heteroatoms. The molecule has 0 bridgehead atoms. The molecule has 0 radical (unpaired) electrons. The molecule has 2 aromatic heterocycles. The number of fused-ring (bicyclic) bond motifs is 2. The maximum Gasteiger partial charge on any atom is 0.248 e. The SMILES string of the molecule is NC1C(=O)N2C(C(=O)[O-])=C(C[n+]3ccn4ccc(CO)c4c3)CS[C@@H]12. The van der Waals surface area contributed by atoms with E-state index in [1.54, 1.807) is 0 Å². The fourth-order valence-corrected chi connectivity index (χ4v) is 4.56. The highest BCUT2D eigenvalue weighted by molar-refractivity contribution is 8.00. The van der Waals surface area contributed by atoms with Gasteiger partial charge in [-0.15, -0.1) is 11.8 Å². The van der Waals surface area contributed by atoms with E-state index in [1.165, 1.54) is 16.7 Å². The topological polar surface area (TPSA) is 115 Å². The molecule has 4 rings (SSSR count). The Balaban J connectivity index is 1.71. The van der Waals surface area contributed by atoms with Crippen molar-refractivity contribution in [1.29, 1.82) is 0 Å². The third kappa shape index (κ3) is 2.43. The van der Waals surface area contributed by atoms with Gasteiger partial charge < -0.3 is 25.1 Å². The lowest BCUT2D eigenvalue weighted by molar-refractivity contribution is -0.688. The summed E-state index contributed by atoms with van der Waals surface area (Å²) in [5, 5.41) is 20.7. The lowest BCUT2D eigenvalue weighted by atomic mass is 10.0. The van der Waals surface area contributed by atoms with E-state index in [4.69, 9.17) is 5.73 Å². The third-order valence-corrected chi connectivity index (χ3v) is 5.94. The molecule has 0 aromatic carbocycles. The summed E-state index contributed by atoms with van der Waals surface area (Å²) < 4.78 is 3.71. The Labute approximate surface area is 147 Å². The first-order valence-electron chi connectivity index (χ1n) is 7.74. The average Bonchev–Trinajstić information content (AvgIpc) is 3.02. The van der Waals surface area contributed by atoms with Gasteiger partial charge in [-0.3, -0.25) is 9.69 Å². The Morgan fingerprint density at radius 2 is 2.28 bits per heavy atom. The Hall–Kier alpha value is -2.36. The second-order valence-corrected chi connectivity index (χ2v) is 7.17. The number of rotatable bonds is 4. The van der Waals surface area contributed by atoms with Gasteiger partial charge in [-0.2, -0.15) is 4.57 Å². The highest BCUT2D eigenvalue weighted by Gasteiger charge is 2.50. The van der Waals surface area contributed by atoms with Crippen LogP contribution in [0.2, 0.25) is 0 Å². The van der Waals surface area contributed by atoms with Gasteiger partial charge >= 0.3 is 0 Å². The quantitative estimate of drug-likeness (QED) is 0.480. The van der Waals surface area contributed by atoms with E-state index in [9.17, 15) is 19.8 Å². The summed E-state index contributed by atoms with van der Waals surface area (Å²) in [6.07, 6.45) is 7.33. The summed E-state index contributed by atoms with van der Waals surface area (Å²) in [5.74, 6) is -1.28. The van der Waals surface area contributed by atoms with E-state index >= 15 is 0 Å². The van der Waals surface area contributed by atoms with E-state index in [2.05, 4.69) is 0 Å². The number of hydrogen-bond acceptors (Lipinski definition) is 6. The molecule has 2 aromatic rings. The number of amides is 1. The van der Waals surface area contributed by atoms with Gasteiger partial charge in [-0.05, 0) is 6.07 Å². The van der Waals surface area contributed by atoms with Gasteiger partial charge in [0.05, 0.1) is 24.5 Å². The van der Waals surface area contributed by atoms with Crippen molar-refractivity contribution in [3.05, 3.63) is 47.7 Å². The van der Waals surface area contributed by atoms with Crippen molar-refractivity contribution in [2.24, 2.45) is 5.73 Å². The van der Waals surface area contributed by atoms with Crippen LogP contribution in [0, 0.1) is 0 Å². The number of nitrogens with two attached hydrogens (primary N) is 1. The fourth-order valence-electron chi connectivity index (χ4n) is 3.28. The predicted octanol–water partition coefficient (Wildman–Crippen LogP) is -2.03. The molecule has 2 aliphatic heterocycles. The number of aromatic nitrogens is 2. The van der Waals surface area contributed by atoms with Crippen LogP contribution in [0.1, 0.15) is 5.56 Å². The molecule has 2 atom stereocenters. The van der Waals surface area contributed by atoms with E-state index < -0.39 is 12.0 Å². The van der Waals surface area contributed by atoms with Crippen LogP contribution in [-0.2, 0) is 22.7 Å². The molecule has 0 spiro atoms. The molecular weight excluding hydrogens is 344 g/mol. The fraction of sp³-hybridized carbons (Fsp3) is 0.312. The molecule has 1 fully saturated rings. The molecule has 0 saturated carbocycles. The van der Waals surface area contributed by atoms with Crippen molar-refractivity contribution in [3.8, 4) is 0 Å². The number of thioether (sulfide) groups is 1. The molecule has 130 valence electrons. The zero-order chi connectivity index (χ0) is 17.7. The maximum atomic E-state index is 12.0. The highest BCUT2D eigenvalue weighted by atomic mass is 32.2. The summed E-state index contributed by atoms with van der Waals surface area (Å²) in [6, 6.07) is 1.17. The first-order chi connectivity index (χ1) is 12.0. The van der Waals surface area contributed by atoms with Gasteiger partial charge in [-0.1, -0.05) is 0 Å². The van der Waals surface area contributed by atoms with Gasteiger partial charge in [0.15, 0.2) is 18.9 Å². The molecule has 0 aliphatic carbocycles. The van der Waals surface area contributed by atoms with Crippen LogP contribution in [0.4, 0.5) is 0 Å². The first-order valence-corrected chi connectivity index (χ1v) is 8.79. The molecular formula is C16H16N4O4S. The van der Waals surface area contributed by atoms with Gasteiger partial charge in [0.25, 0.3) is 0 Å². The summed E-state index contributed by atoms with van der Waals surface area (Å²) in [7, 11) is 0. The number of aliphatic hydroxyl groups excluding tert-OH is 1. The number of β-lactam (4-membered cyclic amide) rings is 1. The number of hydrogen-bond donors (Lipinski definition) is 2. The van der Waals surface area contributed by atoms with Crippen LogP contribution in [0.15, 0.2) is 42.1 Å². The third-order valence-electron chi connectivity index (χ3n) is 4.58. The Bertz CT molecular complexity index is 922. The monoisotopic (exact) mass is 360 g/mol. The summed E-state index contributed by atoms with van der Waals surface area (Å²) >= 11 is 1.46. The minimum atomic E-state index is -1.36. The van der Waals surface area contributed by atoms with Gasteiger partial charge in [0.2, 0.25) is 5.91 Å². The number of carboxylic acid groups (broad SMARTS) is 1. The van der Waals surface area contributed by atoms with Crippen LogP contribution >= 0.6 is 11.8 Å². The van der Waals surface area contributed by atoms with E-state index in [1.807, 2.05) is 39.8 Å². The number of nitrogens with zero attached hydrogens (tertiary/aromatic N) is 3. The summed E-state index contributed by atoms with van der Waals surface area (Å²) in [6.45, 7) is 0.236. The van der Waals surface area contributed by atoms with Gasteiger partial charge in [-0.25, -0.2) is 0 Å². The standard InChI is InChI=1S/C16H16N4O4S/c17-12-14(22)20-13(16(23)24)10(8-25-15(12)20)5-18-3-4-19-2-1-9(7-21)11(19)6-18/h1-4,6,12,15,21H,5,7-8,17H2/t12?,15-/m0/s1. The maximum absolute atomic E-state index is 12.0. The molecule has 2 aliphatic rings. The number of aliphatic carboxylic acids is 1. The Morgan fingerprint density at radius 3 is 3.00 bits per heavy atom. The number of carbonyl (C=O) groups is 2. The van der Waals surface area contributed by atoms with Crippen molar-refractivity contribution in [2.45, 2.75) is 24.6 Å². The number of carboxylic acids is 1. The van der Waals surface area contributed by atoms with Crippen LogP contribution < -0.4 is 15.4 Å². The van der Waals surface area contributed by atoms with Crippen LogP contribution in [0.25, 0.3) is 5.52 Å². The molecule has 8 nitrogen and oxygen atoms in total. The molecule has 1 saturated heterocycles. The van der Waals surface area contributed by atoms with Crippen LogP contribution in [0.3, 0.4) is 0 Å². The zero-order valence-corrected chi connectivity index (χ0v) is 14.0. The molecule has 25 heavy (non-hydrogen) atoms. The summed E-state index contributed by atoms with van der Waals surface area (Å²) in [4.78, 5) is 24.8. The van der Waals surface area contributed by atoms with Crippen LogP contribution in [-0.4, -0.2) is 43.5 Å². The smallest absolute Gasteiger partial charge is 0.248 e. The van der Waals surface area contributed by atoms with Gasteiger partial charge in [0.1, 0.15) is 16.9 Å². The summed E-state index contributed by atoms with van der Waals surface area (Å²) in [5.41, 5.74) is 7.90. The van der Waals surface area contributed by atoms with Crippen LogP contribution in [0.5, 0.6) is 0 Å². The van der Waals surface area contributed by atoms with Crippen molar-refractivity contribution >= 4 is 29.2 Å². The predicted molar refractivity (Wildman–Crippen MR) is 86.6 cm³/mol. The Kier molecular flexibility index (Phi) is 3.78. The van der Waals surface area contributed by atoms with Crippen molar-refractivity contribution in [2.75, 3.05) is 5.75 Å². The Morgan fingerprint density at radius 1 is 1.48 bits per heavy atom. The highest BCUT2D eigenvalue weighted by Crippen LogP contribution is 2.39. The average molecular weight is 360 g/mol. The van der Waals surface area contributed by atoms with E-state index in [0.717, 1.165) is 11.1 Å². The minimum absolute atomic E-state index is 0.0689. The lowest BCUT2D eigenvalue weighted by Gasteiger charge is -2.49. The normalized spacial score (nSPS) is 23.0. The lowest BCUT2D eigenvalue weighted by Crippen LogP contribution is -2.69. The molecule has 3 N–H and O–H groups in total.